The van der Waals surface area contributed by atoms with Gasteiger partial charge in [0, 0.05) is 19.2 Å². The topological polar surface area (TPSA) is 105 Å². The van der Waals surface area contributed by atoms with E-state index in [-0.39, 0.29) is 18.2 Å². The van der Waals surface area contributed by atoms with Gasteiger partial charge in [-0.05, 0) is 51.0 Å². The molecule has 190 valence electrons. The minimum absolute atomic E-state index is 0.172. The van der Waals surface area contributed by atoms with Gasteiger partial charge in [-0.1, -0.05) is 24.3 Å². The number of anilines is 1. The zero-order chi connectivity index (χ0) is 25.6. The van der Waals surface area contributed by atoms with Gasteiger partial charge in [0.05, 0.1) is 11.4 Å². The number of benzene rings is 2. The highest BCUT2D eigenvalue weighted by molar-refractivity contribution is 7.92. The van der Waals surface area contributed by atoms with E-state index in [0.29, 0.717) is 36.9 Å². The summed E-state index contributed by atoms with van der Waals surface area (Å²) in [4.78, 5) is 27.7. The van der Waals surface area contributed by atoms with E-state index < -0.39 is 28.5 Å². The molecule has 0 spiro atoms. The average Bonchev–Trinajstić information content (AvgIpc) is 2.86. The number of sulfonamides is 1. The van der Waals surface area contributed by atoms with E-state index >= 15 is 0 Å². The molecule has 0 aliphatic carbocycles. The number of nitrogens with zero attached hydrogens (tertiary/aromatic N) is 2. The quantitative estimate of drug-likeness (QED) is 0.534. The number of hydrogen-bond donors (Lipinski definition) is 1. The Morgan fingerprint density at radius 3 is 2.40 bits per heavy atom. The highest BCUT2D eigenvalue weighted by Gasteiger charge is 2.31. The van der Waals surface area contributed by atoms with Crippen molar-refractivity contribution in [3.8, 4) is 11.5 Å². The van der Waals surface area contributed by atoms with Gasteiger partial charge >= 0.3 is 0 Å². The molecule has 3 rings (SSSR count). The predicted molar refractivity (Wildman–Crippen MR) is 134 cm³/mol. The van der Waals surface area contributed by atoms with Crippen LogP contribution in [-0.2, 0) is 26.2 Å². The van der Waals surface area contributed by atoms with Gasteiger partial charge in [0.15, 0.2) is 11.5 Å². The van der Waals surface area contributed by atoms with Crippen LogP contribution in [0, 0.1) is 6.92 Å². The lowest BCUT2D eigenvalue weighted by atomic mass is 10.1. The summed E-state index contributed by atoms with van der Waals surface area (Å²) < 4.78 is 38.3. The summed E-state index contributed by atoms with van der Waals surface area (Å²) in [5.41, 5.74) is 2.14. The van der Waals surface area contributed by atoms with Crippen molar-refractivity contribution in [3.05, 3.63) is 53.6 Å². The lowest BCUT2D eigenvalue weighted by Crippen LogP contribution is -2.51. The normalized spacial score (nSPS) is 13.6. The van der Waals surface area contributed by atoms with Gasteiger partial charge in [-0.2, -0.15) is 0 Å². The van der Waals surface area contributed by atoms with Crippen LogP contribution in [0.2, 0.25) is 0 Å². The lowest BCUT2D eigenvalue weighted by molar-refractivity contribution is -0.139. The molecule has 0 aromatic heterocycles. The summed E-state index contributed by atoms with van der Waals surface area (Å²) in [6.45, 7) is 7.79. The van der Waals surface area contributed by atoms with Crippen molar-refractivity contribution in [3.63, 3.8) is 0 Å². The fourth-order valence-electron chi connectivity index (χ4n) is 3.78. The molecule has 1 N–H and O–H groups in total. The van der Waals surface area contributed by atoms with E-state index in [1.54, 1.807) is 32.0 Å². The molecule has 1 aliphatic rings. The van der Waals surface area contributed by atoms with Crippen molar-refractivity contribution < 1.29 is 27.5 Å². The Kier molecular flexibility index (Phi) is 8.61. The zero-order valence-electron chi connectivity index (χ0n) is 20.6. The van der Waals surface area contributed by atoms with Crippen LogP contribution in [0.1, 0.15) is 31.9 Å². The zero-order valence-corrected chi connectivity index (χ0v) is 21.4. The first kappa shape index (κ1) is 26.3. The highest BCUT2D eigenvalue weighted by Crippen LogP contribution is 2.35. The first-order chi connectivity index (χ1) is 16.7. The second kappa shape index (κ2) is 11.4. The maximum Gasteiger partial charge on any atom is 0.244 e. The number of ether oxygens (including phenoxy) is 2. The third-order valence-corrected chi connectivity index (χ3v) is 7.65. The van der Waals surface area contributed by atoms with Crippen molar-refractivity contribution >= 4 is 27.5 Å². The number of carbonyl (C=O) groups is 2. The maximum atomic E-state index is 13.6. The third-order valence-electron chi connectivity index (χ3n) is 5.91. The molecule has 0 saturated heterocycles. The molecular formula is C25H33N3O6S. The number of rotatable bonds is 10. The molecule has 0 radical (unpaired) electrons. The molecule has 0 saturated carbocycles. The molecule has 35 heavy (non-hydrogen) atoms. The molecule has 2 amide bonds. The Bertz CT molecular complexity index is 1170. The van der Waals surface area contributed by atoms with Crippen LogP contribution in [0.15, 0.2) is 42.5 Å². The fourth-order valence-corrected chi connectivity index (χ4v) is 4.84. The number of likely N-dealkylation sites (N-methyl/N-ethyl adjacent to an activating group) is 1. The summed E-state index contributed by atoms with van der Waals surface area (Å²) in [6, 6.07) is 11.6. The van der Waals surface area contributed by atoms with Crippen molar-refractivity contribution in [2.75, 3.05) is 36.4 Å². The van der Waals surface area contributed by atoms with Gasteiger partial charge in [-0.25, -0.2) is 8.42 Å². The third kappa shape index (κ3) is 6.25. The van der Waals surface area contributed by atoms with Gasteiger partial charge in [0.1, 0.15) is 25.8 Å². The predicted octanol–water partition coefficient (Wildman–Crippen LogP) is 2.48. The van der Waals surface area contributed by atoms with Crippen molar-refractivity contribution in [1.29, 1.82) is 0 Å². The number of carbonyl (C=O) groups excluding carboxylic acids is 2. The Morgan fingerprint density at radius 1 is 1.06 bits per heavy atom. The number of aryl methyl sites for hydroxylation is 1. The number of nitrogens with one attached hydrogen (secondary N) is 1. The van der Waals surface area contributed by atoms with Crippen LogP contribution in [0.5, 0.6) is 11.5 Å². The molecule has 9 nitrogen and oxygen atoms in total. The molecule has 2 aromatic rings. The minimum Gasteiger partial charge on any atom is -0.486 e. The Labute approximate surface area is 207 Å². The molecule has 2 aromatic carbocycles. The van der Waals surface area contributed by atoms with Crippen LogP contribution in [0.25, 0.3) is 0 Å². The Morgan fingerprint density at radius 2 is 1.74 bits per heavy atom. The van der Waals surface area contributed by atoms with Crippen LogP contribution < -0.4 is 19.1 Å². The molecule has 0 unspecified atom stereocenters. The van der Waals surface area contributed by atoms with Crippen LogP contribution in [0.4, 0.5) is 5.69 Å². The Hall–Kier alpha value is -3.27. The second-order valence-corrected chi connectivity index (χ2v) is 10.4. The van der Waals surface area contributed by atoms with Crippen molar-refractivity contribution in [2.45, 2.75) is 40.3 Å². The van der Waals surface area contributed by atoms with E-state index in [2.05, 4.69) is 5.32 Å². The first-order valence-electron chi connectivity index (χ1n) is 11.7. The lowest BCUT2D eigenvalue weighted by Gasteiger charge is -2.32. The number of fused-ring (bicyclic) bond motifs is 1. The summed E-state index contributed by atoms with van der Waals surface area (Å²) in [5, 5.41) is 2.75. The van der Waals surface area contributed by atoms with Crippen LogP contribution >= 0.6 is 0 Å². The largest absolute Gasteiger partial charge is 0.486 e. The molecule has 0 bridgehead atoms. The standard InChI is InChI=1S/C25H33N3O6S/c1-5-26-25(30)19(4)27(16-20-10-8-7-9-18(20)3)24(29)17-28(35(31,32)6-2)21-11-12-22-23(15-21)34-14-13-33-22/h7-12,15,19H,5-6,13-14,16-17H2,1-4H3,(H,26,30)/t19-/m1/s1. The van der Waals surface area contributed by atoms with Gasteiger partial charge in [0.25, 0.3) is 0 Å². The van der Waals surface area contributed by atoms with Crippen molar-refractivity contribution in [2.24, 2.45) is 0 Å². The van der Waals surface area contributed by atoms with Gasteiger partial charge in [0.2, 0.25) is 21.8 Å². The van der Waals surface area contributed by atoms with Gasteiger partial charge in [-0.15, -0.1) is 0 Å². The van der Waals surface area contributed by atoms with Crippen LogP contribution in [-0.4, -0.2) is 63.2 Å². The molecule has 10 heteroatoms. The first-order valence-corrected chi connectivity index (χ1v) is 13.3. The summed E-state index contributed by atoms with van der Waals surface area (Å²) in [5.74, 6) is -0.0490. The number of hydrogen-bond acceptors (Lipinski definition) is 6. The second-order valence-electron chi connectivity index (χ2n) is 8.25. The maximum absolute atomic E-state index is 13.6. The van der Waals surface area contributed by atoms with Crippen LogP contribution in [0.3, 0.4) is 0 Å². The summed E-state index contributed by atoms with van der Waals surface area (Å²) in [6.07, 6.45) is 0. The highest BCUT2D eigenvalue weighted by atomic mass is 32.2. The molecular weight excluding hydrogens is 470 g/mol. The summed E-state index contributed by atoms with van der Waals surface area (Å²) >= 11 is 0. The molecule has 1 aliphatic heterocycles. The SMILES string of the molecule is CCNC(=O)[C@@H](C)N(Cc1ccccc1C)C(=O)CN(c1ccc2c(c1)OCCO2)S(=O)(=O)CC. The van der Waals surface area contributed by atoms with E-state index in [9.17, 15) is 18.0 Å². The minimum atomic E-state index is -3.82. The van der Waals surface area contributed by atoms with E-state index in [4.69, 9.17) is 9.47 Å². The monoisotopic (exact) mass is 503 g/mol. The van der Waals surface area contributed by atoms with E-state index in [1.165, 1.54) is 11.8 Å². The van der Waals surface area contributed by atoms with E-state index in [0.717, 1.165) is 15.4 Å². The smallest absolute Gasteiger partial charge is 0.244 e. The fraction of sp³-hybridized carbons (Fsp3) is 0.440. The van der Waals surface area contributed by atoms with E-state index in [1.807, 2.05) is 31.2 Å². The van der Waals surface area contributed by atoms with Gasteiger partial charge < -0.3 is 19.7 Å². The molecule has 0 fully saturated rings. The average molecular weight is 504 g/mol. The Balaban J connectivity index is 1.96. The molecule has 1 heterocycles. The summed E-state index contributed by atoms with van der Waals surface area (Å²) in [7, 11) is -3.82. The number of amides is 2. The van der Waals surface area contributed by atoms with Crippen molar-refractivity contribution in [1.82, 2.24) is 10.2 Å². The van der Waals surface area contributed by atoms with Gasteiger partial charge in [-0.3, -0.25) is 13.9 Å². The molecule has 1 atom stereocenters.